The molecule has 7 nitrogen and oxygen atoms in total. The lowest BCUT2D eigenvalue weighted by Gasteiger charge is -2.17. The predicted molar refractivity (Wildman–Crippen MR) is 123 cm³/mol. The molecule has 1 aliphatic rings. The Kier molecular flexibility index (Phi) is 6.54. The number of aromatic nitrogens is 2. The Labute approximate surface area is 188 Å². The van der Waals surface area contributed by atoms with Gasteiger partial charge in [0.25, 0.3) is 0 Å². The van der Waals surface area contributed by atoms with Crippen LogP contribution in [0.3, 0.4) is 0 Å². The number of rotatable bonds is 8. The Morgan fingerprint density at radius 1 is 1.12 bits per heavy atom. The highest BCUT2D eigenvalue weighted by molar-refractivity contribution is 6.00. The first-order chi connectivity index (χ1) is 15.5. The smallest absolute Gasteiger partial charge is 0.227 e. The highest BCUT2D eigenvalue weighted by Crippen LogP contribution is 2.27. The van der Waals surface area contributed by atoms with Gasteiger partial charge in [-0.1, -0.05) is 18.2 Å². The maximum absolute atomic E-state index is 12.6. The second-order valence-electron chi connectivity index (χ2n) is 8.02. The van der Waals surface area contributed by atoms with Crippen molar-refractivity contribution in [3.05, 3.63) is 72.1 Å². The molecule has 7 heteroatoms. The van der Waals surface area contributed by atoms with Gasteiger partial charge in [-0.25, -0.2) is 4.68 Å². The summed E-state index contributed by atoms with van der Waals surface area (Å²) in [6.07, 6.45) is 3.94. The molecule has 2 heterocycles. The second-order valence-corrected chi connectivity index (χ2v) is 8.02. The maximum atomic E-state index is 12.6. The summed E-state index contributed by atoms with van der Waals surface area (Å²) in [4.78, 5) is 26.7. The van der Waals surface area contributed by atoms with Crippen LogP contribution in [-0.2, 0) is 16.0 Å². The molecule has 32 heavy (non-hydrogen) atoms. The standard InChI is InChI=1S/C25H28N4O3/c1-18-19(17-29(27-18)22-8-4-3-5-9-22)7-6-14-26-25(31)20-15-24(30)28(16-20)21-10-12-23(32-2)13-11-21/h3-5,8-13,17,20H,6-7,14-16H2,1-2H3,(H,26,31)/t20-/m1/s1. The Morgan fingerprint density at radius 2 is 1.88 bits per heavy atom. The van der Waals surface area contributed by atoms with E-state index in [1.54, 1.807) is 12.0 Å². The molecule has 0 radical (unpaired) electrons. The van der Waals surface area contributed by atoms with E-state index < -0.39 is 0 Å². The van der Waals surface area contributed by atoms with Crippen LogP contribution in [0, 0.1) is 12.8 Å². The van der Waals surface area contributed by atoms with Gasteiger partial charge in [0.15, 0.2) is 0 Å². The Bertz CT molecular complexity index is 1080. The van der Waals surface area contributed by atoms with Crippen LogP contribution in [0.5, 0.6) is 5.75 Å². The second kappa shape index (κ2) is 9.68. The average molecular weight is 433 g/mol. The van der Waals surface area contributed by atoms with E-state index >= 15 is 0 Å². The minimum atomic E-state index is -0.327. The van der Waals surface area contributed by atoms with Gasteiger partial charge in [-0.2, -0.15) is 5.10 Å². The summed E-state index contributed by atoms with van der Waals surface area (Å²) in [6, 6.07) is 17.3. The fourth-order valence-corrected chi connectivity index (χ4v) is 3.98. The molecule has 1 N–H and O–H groups in total. The van der Waals surface area contributed by atoms with Crippen LogP contribution < -0.4 is 15.0 Å². The number of hydrogen-bond acceptors (Lipinski definition) is 4. The molecular formula is C25H28N4O3. The normalized spacial score (nSPS) is 15.8. The van der Waals surface area contributed by atoms with E-state index in [0.29, 0.717) is 13.1 Å². The van der Waals surface area contributed by atoms with Crippen molar-refractivity contribution < 1.29 is 14.3 Å². The molecule has 166 valence electrons. The van der Waals surface area contributed by atoms with Gasteiger partial charge < -0.3 is 15.0 Å². The van der Waals surface area contributed by atoms with Crippen LogP contribution in [0.4, 0.5) is 5.69 Å². The number of amides is 2. The first kappa shape index (κ1) is 21.6. The van der Waals surface area contributed by atoms with Crippen LogP contribution in [-0.4, -0.2) is 41.8 Å². The van der Waals surface area contributed by atoms with E-state index in [9.17, 15) is 9.59 Å². The van der Waals surface area contributed by atoms with Gasteiger partial charge in [-0.3, -0.25) is 9.59 Å². The quantitative estimate of drug-likeness (QED) is 0.554. The highest BCUT2D eigenvalue weighted by Gasteiger charge is 2.34. The number of para-hydroxylation sites is 1. The van der Waals surface area contributed by atoms with Crippen LogP contribution in [0.1, 0.15) is 24.1 Å². The highest BCUT2D eigenvalue weighted by atomic mass is 16.5. The Balaban J connectivity index is 1.26. The summed E-state index contributed by atoms with van der Waals surface area (Å²) in [7, 11) is 1.60. The topological polar surface area (TPSA) is 76.5 Å². The fourth-order valence-electron chi connectivity index (χ4n) is 3.98. The molecule has 0 saturated carbocycles. The van der Waals surface area contributed by atoms with Gasteiger partial charge in [0, 0.05) is 31.4 Å². The number of aryl methyl sites for hydroxylation is 2. The lowest BCUT2D eigenvalue weighted by Crippen LogP contribution is -2.33. The number of benzene rings is 2. The lowest BCUT2D eigenvalue weighted by molar-refractivity contribution is -0.126. The zero-order chi connectivity index (χ0) is 22.5. The number of methoxy groups -OCH3 is 1. The van der Waals surface area contributed by atoms with Crippen molar-refractivity contribution in [1.29, 1.82) is 0 Å². The molecule has 2 amide bonds. The van der Waals surface area contributed by atoms with Gasteiger partial charge in [-0.05, 0) is 61.7 Å². The number of carbonyl (C=O) groups is 2. The third-order valence-corrected chi connectivity index (χ3v) is 5.82. The molecule has 1 aromatic heterocycles. The van der Waals surface area contributed by atoms with Gasteiger partial charge in [0.05, 0.1) is 24.4 Å². The summed E-state index contributed by atoms with van der Waals surface area (Å²) in [5.41, 5.74) is 3.99. The number of ether oxygens (including phenoxy) is 1. The largest absolute Gasteiger partial charge is 0.497 e. The number of anilines is 1. The van der Waals surface area contributed by atoms with Crippen molar-refractivity contribution in [1.82, 2.24) is 15.1 Å². The van der Waals surface area contributed by atoms with E-state index in [0.717, 1.165) is 35.7 Å². The Morgan fingerprint density at radius 3 is 2.59 bits per heavy atom. The van der Waals surface area contributed by atoms with Crippen molar-refractivity contribution in [3.63, 3.8) is 0 Å². The van der Waals surface area contributed by atoms with E-state index in [2.05, 4.69) is 16.6 Å². The minimum absolute atomic E-state index is 0.0285. The minimum Gasteiger partial charge on any atom is -0.497 e. The molecular weight excluding hydrogens is 404 g/mol. The molecule has 0 spiro atoms. The summed E-state index contributed by atoms with van der Waals surface area (Å²) < 4.78 is 7.05. The molecule has 1 atom stereocenters. The van der Waals surface area contributed by atoms with Crippen LogP contribution in [0.15, 0.2) is 60.8 Å². The first-order valence-corrected chi connectivity index (χ1v) is 10.9. The first-order valence-electron chi connectivity index (χ1n) is 10.9. The van der Waals surface area contributed by atoms with Crippen LogP contribution in [0.2, 0.25) is 0 Å². The molecule has 1 fully saturated rings. The van der Waals surface area contributed by atoms with Crippen LogP contribution >= 0.6 is 0 Å². The SMILES string of the molecule is COc1ccc(N2C[C@H](C(=O)NCCCc3cn(-c4ccccc4)nc3C)CC2=O)cc1. The van der Waals surface area contributed by atoms with Crippen molar-refractivity contribution in [2.75, 3.05) is 25.1 Å². The number of carbonyl (C=O) groups excluding carboxylic acids is 2. The maximum Gasteiger partial charge on any atom is 0.227 e. The van der Waals surface area contributed by atoms with Gasteiger partial charge in [-0.15, -0.1) is 0 Å². The van der Waals surface area contributed by atoms with Crippen molar-refractivity contribution in [3.8, 4) is 11.4 Å². The molecule has 3 aromatic rings. The summed E-state index contributed by atoms with van der Waals surface area (Å²) in [5, 5.41) is 7.59. The van der Waals surface area contributed by atoms with Crippen LogP contribution in [0.25, 0.3) is 5.69 Å². The van der Waals surface area contributed by atoms with Gasteiger partial charge >= 0.3 is 0 Å². The number of hydrogen-bond donors (Lipinski definition) is 1. The lowest BCUT2D eigenvalue weighted by atomic mass is 10.1. The zero-order valence-corrected chi connectivity index (χ0v) is 18.5. The van der Waals surface area contributed by atoms with Crippen molar-refractivity contribution in [2.24, 2.45) is 5.92 Å². The summed E-state index contributed by atoms with van der Waals surface area (Å²) >= 11 is 0. The molecule has 2 aromatic carbocycles. The number of nitrogens with one attached hydrogen (secondary N) is 1. The molecule has 0 unspecified atom stereocenters. The molecule has 1 aliphatic heterocycles. The molecule has 0 aliphatic carbocycles. The fraction of sp³-hybridized carbons (Fsp3) is 0.320. The summed E-state index contributed by atoms with van der Waals surface area (Å²) in [6.45, 7) is 2.98. The van der Waals surface area contributed by atoms with Crippen molar-refractivity contribution in [2.45, 2.75) is 26.2 Å². The van der Waals surface area contributed by atoms with Gasteiger partial charge in [0.1, 0.15) is 5.75 Å². The summed E-state index contributed by atoms with van der Waals surface area (Å²) in [5.74, 6) is 0.316. The third kappa shape index (κ3) is 4.82. The number of nitrogens with zero attached hydrogens (tertiary/aromatic N) is 3. The monoisotopic (exact) mass is 432 g/mol. The average Bonchev–Trinajstić information content (AvgIpc) is 3.40. The molecule has 0 bridgehead atoms. The Hall–Kier alpha value is -3.61. The van der Waals surface area contributed by atoms with E-state index in [-0.39, 0.29) is 24.2 Å². The molecule has 4 rings (SSSR count). The predicted octanol–water partition coefficient (Wildman–Crippen LogP) is 3.29. The zero-order valence-electron chi connectivity index (χ0n) is 18.5. The van der Waals surface area contributed by atoms with E-state index in [1.165, 1.54) is 5.56 Å². The molecule has 1 saturated heterocycles. The van der Waals surface area contributed by atoms with E-state index in [1.807, 2.05) is 66.2 Å². The van der Waals surface area contributed by atoms with E-state index in [4.69, 9.17) is 4.74 Å². The van der Waals surface area contributed by atoms with Gasteiger partial charge in [0.2, 0.25) is 11.8 Å². The third-order valence-electron chi connectivity index (χ3n) is 5.82. The van der Waals surface area contributed by atoms with Crippen molar-refractivity contribution >= 4 is 17.5 Å².